The third kappa shape index (κ3) is 4.56. The van der Waals surface area contributed by atoms with Crippen LogP contribution in [0.4, 0.5) is 0 Å². The topological polar surface area (TPSA) is 62.5 Å². The lowest BCUT2D eigenvalue weighted by atomic mass is 9.81. The molecular formula is C28H32N4O. The average molecular weight is 441 g/mol. The summed E-state index contributed by atoms with van der Waals surface area (Å²) in [6, 6.07) is 26.9. The number of pyridine rings is 1. The summed E-state index contributed by atoms with van der Waals surface area (Å²) < 4.78 is 0. The van der Waals surface area contributed by atoms with Crippen LogP contribution in [-0.2, 0) is 0 Å². The molecule has 4 unspecified atom stereocenters. The Morgan fingerprint density at radius 3 is 2.36 bits per heavy atom. The zero-order valence-electron chi connectivity index (χ0n) is 19.2. The Morgan fingerprint density at radius 1 is 0.970 bits per heavy atom. The van der Waals surface area contributed by atoms with E-state index >= 15 is 0 Å². The Balaban J connectivity index is 1.34. The molecule has 2 saturated heterocycles. The Labute approximate surface area is 196 Å². The molecule has 2 fully saturated rings. The predicted molar refractivity (Wildman–Crippen MR) is 131 cm³/mol. The first kappa shape index (κ1) is 21.8. The van der Waals surface area contributed by atoms with Gasteiger partial charge >= 0.3 is 0 Å². The van der Waals surface area contributed by atoms with Crippen LogP contribution in [0.3, 0.4) is 0 Å². The van der Waals surface area contributed by atoms with Crippen molar-refractivity contribution in [1.82, 2.24) is 14.8 Å². The van der Waals surface area contributed by atoms with Gasteiger partial charge in [0.25, 0.3) is 5.91 Å². The minimum atomic E-state index is -0.193. The maximum atomic E-state index is 13.5. The van der Waals surface area contributed by atoms with Gasteiger partial charge < -0.3 is 15.5 Å². The standard InChI is InChI=1S/C28H32N4O/c1-20(29)25-13-8-14-26(30-25)28(33)32-18-24(22-11-6-3-7-12-22)27(32)19-31-16-15-23(17-31)21-9-4-2-5-10-21/h2-14,20,23-24,27H,15-19,29H2,1H3. The van der Waals surface area contributed by atoms with Crippen LogP contribution in [0.2, 0.25) is 0 Å². The van der Waals surface area contributed by atoms with Crippen molar-refractivity contribution in [2.45, 2.75) is 37.3 Å². The highest BCUT2D eigenvalue weighted by Crippen LogP contribution is 2.37. The fourth-order valence-electron chi connectivity index (χ4n) is 5.27. The number of benzene rings is 2. The molecule has 2 aliphatic heterocycles. The Bertz CT molecular complexity index is 1090. The summed E-state index contributed by atoms with van der Waals surface area (Å²) in [4.78, 5) is 22.6. The number of aromatic nitrogens is 1. The lowest BCUT2D eigenvalue weighted by Crippen LogP contribution is -2.61. The van der Waals surface area contributed by atoms with Gasteiger partial charge in [-0.25, -0.2) is 4.98 Å². The summed E-state index contributed by atoms with van der Waals surface area (Å²) in [5, 5.41) is 0. The monoisotopic (exact) mass is 440 g/mol. The molecule has 0 radical (unpaired) electrons. The van der Waals surface area contributed by atoms with Crippen molar-refractivity contribution in [3.8, 4) is 0 Å². The SMILES string of the molecule is CC(N)c1cccc(C(=O)N2CC(c3ccccc3)C2CN2CCC(c3ccccc3)C2)n1. The number of amides is 1. The second-order valence-corrected chi connectivity index (χ2v) is 9.43. The fraction of sp³-hybridized carbons (Fsp3) is 0.357. The number of carbonyl (C=O) groups is 1. The molecule has 1 amide bonds. The van der Waals surface area contributed by atoms with Crippen LogP contribution in [0.5, 0.6) is 0 Å². The van der Waals surface area contributed by atoms with E-state index in [0.29, 0.717) is 17.5 Å². The summed E-state index contributed by atoms with van der Waals surface area (Å²) in [6.07, 6.45) is 1.17. The van der Waals surface area contributed by atoms with E-state index in [4.69, 9.17) is 5.73 Å². The van der Waals surface area contributed by atoms with Crippen LogP contribution >= 0.6 is 0 Å². The summed E-state index contributed by atoms with van der Waals surface area (Å²) in [6.45, 7) is 5.63. The van der Waals surface area contributed by atoms with Crippen molar-refractivity contribution >= 4 is 5.91 Å². The van der Waals surface area contributed by atoms with Crippen molar-refractivity contribution in [3.63, 3.8) is 0 Å². The quantitative estimate of drug-likeness (QED) is 0.624. The molecule has 5 rings (SSSR count). The van der Waals surface area contributed by atoms with E-state index in [0.717, 1.165) is 31.9 Å². The van der Waals surface area contributed by atoms with Crippen LogP contribution < -0.4 is 5.73 Å². The van der Waals surface area contributed by atoms with Crippen LogP contribution in [0.15, 0.2) is 78.9 Å². The van der Waals surface area contributed by atoms with Crippen molar-refractivity contribution in [3.05, 3.63) is 101 Å². The predicted octanol–water partition coefficient (Wildman–Crippen LogP) is 4.20. The number of hydrogen-bond donors (Lipinski definition) is 1. The van der Waals surface area contributed by atoms with Gasteiger partial charge in [0.05, 0.1) is 11.7 Å². The molecule has 2 N–H and O–H groups in total. The summed E-state index contributed by atoms with van der Waals surface area (Å²) in [5.74, 6) is 0.922. The maximum absolute atomic E-state index is 13.5. The van der Waals surface area contributed by atoms with Crippen molar-refractivity contribution in [1.29, 1.82) is 0 Å². The average Bonchev–Trinajstić information content (AvgIpc) is 3.32. The molecule has 4 atom stereocenters. The Hall–Kier alpha value is -3.02. The molecule has 3 heterocycles. The number of rotatable bonds is 6. The molecule has 1 aromatic heterocycles. The Kier molecular flexibility index (Phi) is 6.25. The zero-order chi connectivity index (χ0) is 22.8. The van der Waals surface area contributed by atoms with Gasteiger partial charge in [-0.3, -0.25) is 4.79 Å². The van der Waals surface area contributed by atoms with E-state index in [1.54, 1.807) is 0 Å². The molecule has 2 aliphatic rings. The van der Waals surface area contributed by atoms with Crippen LogP contribution in [0.25, 0.3) is 0 Å². The highest BCUT2D eigenvalue weighted by atomic mass is 16.2. The molecule has 2 aromatic carbocycles. The van der Waals surface area contributed by atoms with Crippen molar-refractivity contribution < 1.29 is 4.79 Å². The molecule has 5 nitrogen and oxygen atoms in total. The molecule has 0 bridgehead atoms. The molecule has 5 heteroatoms. The molecule has 170 valence electrons. The van der Waals surface area contributed by atoms with E-state index in [2.05, 4.69) is 70.5 Å². The van der Waals surface area contributed by atoms with Gasteiger partial charge in [0, 0.05) is 31.6 Å². The number of carbonyl (C=O) groups excluding carboxylic acids is 1. The molecular weight excluding hydrogens is 408 g/mol. The van der Waals surface area contributed by atoms with Crippen LogP contribution in [-0.4, -0.2) is 52.9 Å². The highest BCUT2D eigenvalue weighted by molar-refractivity contribution is 5.93. The third-order valence-corrected chi connectivity index (χ3v) is 7.19. The van der Waals surface area contributed by atoms with Gasteiger partial charge in [-0.1, -0.05) is 66.7 Å². The molecule has 0 aliphatic carbocycles. The number of likely N-dealkylation sites (tertiary alicyclic amines) is 2. The Morgan fingerprint density at radius 2 is 1.67 bits per heavy atom. The lowest BCUT2D eigenvalue weighted by Gasteiger charge is -2.49. The van der Waals surface area contributed by atoms with Crippen molar-refractivity contribution in [2.24, 2.45) is 5.73 Å². The van der Waals surface area contributed by atoms with Gasteiger partial charge in [-0.05, 0) is 49.1 Å². The van der Waals surface area contributed by atoms with E-state index in [-0.39, 0.29) is 18.0 Å². The summed E-state index contributed by atoms with van der Waals surface area (Å²) >= 11 is 0. The van der Waals surface area contributed by atoms with Gasteiger partial charge in [0.2, 0.25) is 0 Å². The van der Waals surface area contributed by atoms with Gasteiger partial charge in [-0.15, -0.1) is 0 Å². The number of hydrogen-bond acceptors (Lipinski definition) is 4. The fourth-order valence-corrected chi connectivity index (χ4v) is 5.27. The van der Waals surface area contributed by atoms with E-state index in [1.165, 1.54) is 17.5 Å². The maximum Gasteiger partial charge on any atom is 0.272 e. The molecule has 0 saturated carbocycles. The molecule has 3 aromatic rings. The van der Waals surface area contributed by atoms with E-state index < -0.39 is 0 Å². The first-order valence-electron chi connectivity index (χ1n) is 12.0. The minimum absolute atomic E-state index is 0.00786. The lowest BCUT2D eigenvalue weighted by molar-refractivity contribution is 0.0252. The van der Waals surface area contributed by atoms with Crippen LogP contribution in [0.1, 0.15) is 58.5 Å². The van der Waals surface area contributed by atoms with Gasteiger partial charge in [0.15, 0.2) is 0 Å². The van der Waals surface area contributed by atoms with Crippen LogP contribution in [0, 0.1) is 0 Å². The van der Waals surface area contributed by atoms with E-state index in [1.807, 2.05) is 30.0 Å². The second-order valence-electron chi connectivity index (χ2n) is 9.43. The summed E-state index contributed by atoms with van der Waals surface area (Å²) in [5.41, 5.74) is 9.97. The zero-order valence-corrected chi connectivity index (χ0v) is 19.2. The largest absolute Gasteiger partial charge is 0.332 e. The summed E-state index contributed by atoms with van der Waals surface area (Å²) in [7, 11) is 0. The number of nitrogens with two attached hydrogens (primary N) is 1. The first-order chi connectivity index (χ1) is 16.1. The number of nitrogens with zero attached hydrogens (tertiary/aromatic N) is 3. The van der Waals surface area contributed by atoms with Crippen molar-refractivity contribution in [2.75, 3.05) is 26.2 Å². The normalized spacial score (nSPS) is 23.8. The van der Waals surface area contributed by atoms with Gasteiger partial charge in [0.1, 0.15) is 5.69 Å². The minimum Gasteiger partial charge on any atom is -0.332 e. The van der Waals surface area contributed by atoms with Gasteiger partial charge in [-0.2, -0.15) is 0 Å². The smallest absolute Gasteiger partial charge is 0.272 e. The molecule has 0 spiro atoms. The third-order valence-electron chi connectivity index (χ3n) is 7.19. The first-order valence-corrected chi connectivity index (χ1v) is 12.0. The highest BCUT2D eigenvalue weighted by Gasteiger charge is 2.44. The van der Waals surface area contributed by atoms with E-state index in [9.17, 15) is 4.79 Å². The second kappa shape index (κ2) is 9.46. The molecule has 33 heavy (non-hydrogen) atoms.